The Balaban J connectivity index is 0.000000138. The van der Waals surface area contributed by atoms with Crippen molar-refractivity contribution in [2.24, 2.45) is 0 Å². The molecule has 2 aliphatic carbocycles. The third kappa shape index (κ3) is 9.66. The van der Waals surface area contributed by atoms with E-state index in [1.54, 1.807) is 22.7 Å². The third-order valence-corrected chi connectivity index (χ3v) is 24.1. The average molecular weight is 1330 g/mol. The number of thiazole rings is 2. The fourth-order valence-corrected chi connectivity index (χ4v) is 19.1. The van der Waals surface area contributed by atoms with Gasteiger partial charge in [-0.25, -0.2) is 9.97 Å². The van der Waals surface area contributed by atoms with Crippen LogP contribution in [0.3, 0.4) is 0 Å². The van der Waals surface area contributed by atoms with E-state index < -0.39 is 5.41 Å². The van der Waals surface area contributed by atoms with Crippen molar-refractivity contribution in [3.63, 3.8) is 0 Å². The summed E-state index contributed by atoms with van der Waals surface area (Å²) in [5, 5.41) is 14.8. The molecule has 0 saturated heterocycles. The van der Waals surface area contributed by atoms with Crippen LogP contribution in [-0.4, -0.2) is 9.97 Å². The molecule has 21 rings (SSSR count). The van der Waals surface area contributed by atoms with E-state index in [2.05, 4.69) is 366 Å². The van der Waals surface area contributed by atoms with Crippen LogP contribution in [0.1, 0.15) is 47.2 Å². The van der Waals surface area contributed by atoms with Crippen LogP contribution in [0.4, 0.5) is 0 Å². The lowest BCUT2D eigenvalue weighted by atomic mass is 9.67. The third-order valence-electron chi connectivity index (χ3n) is 21.8. The maximum absolute atomic E-state index is 5.07. The van der Waals surface area contributed by atoms with E-state index in [9.17, 15) is 0 Å². The van der Waals surface area contributed by atoms with Gasteiger partial charge in [0.25, 0.3) is 0 Å². The summed E-state index contributed by atoms with van der Waals surface area (Å²) in [5.41, 5.74) is 27.0. The van der Waals surface area contributed by atoms with Crippen molar-refractivity contribution in [1.82, 2.24) is 9.97 Å². The van der Waals surface area contributed by atoms with Crippen LogP contribution in [0.15, 0.2) is 352 Å². The predicted octanol–water partition coefficient (Wildman–Crippen LogP) is 27.0. The van der Waals surface area contributed by atoms with Gasteiger partial charge in [0.2, 0.25) is 0 Å². The molecular formula is C98H64N2S2. The van der Waals surface area contributed by atoms with E-state index in [0.717, 1.165) is 32.2 Å². The molecule has 0 fully saturated rings. The smallest absolute Gasteiger partial charge is 0.124 e. The summed E-state index contributed by atoms with van der Waals surface area (Å²) in [6.07, 6.45) is 0. The zero-order valence-corrected chi connectivity index (χ0v) is 57.8. The minimum Gasteiger partial charge on any atom is -0.236 e. The van der Waals surface area contributed by atoms with Crippen LogP contribution in [0.5, 0.6) is 0 Å². The van der Waals surface area contributed by atoms with Crippen molar-refractivity contribution in [2.75, 3.05) is 0 Å². The number of aromatic nitrogens is 2. The van der Waals surface area contributed by atoms with E-state index in [4.69, 9.17) is 9.97 Å². The zero-order chi connectivity index (χ0) is 67.6. The fraction of sp³-hybridized carbons (Fsp3) is 0.0408. The molecule has 19 aromatic rings. The number of hydrogen-bond donors (Lipinski definition) is 0. The van der Waals surface area contributed by atoms with E-state index in [1.807, 2.05) is 0 Å². The Hall–Kier alpha value is -12.2. The van der Waals surface area contributed by atoms with Crippen molar-refractivity contribution in [2.45, 2.75) is 24.7 Å². The summed E-state index contributed by atoms with van der Waals surface area (Å²) in [6, 6.07) is 129. The normalized spacial score (nSPS) is 13.2. The molecule has 17 aromatic carbocycles. The first-order valence-corrected chi connectivity index (χ1v) is 36.8. The Bertz CT molecular complexity index is 6540. The van der Waals surface area contributed by atoms with Gasteiger partial charge in [-0.15, -0.1) is 22.7 Å². The van der Waals surface area contributed by atoms with Crippen LogP contribution in [0.2, 0.25) is 0 Å². The summed E-state index contributed by atoms with van der Waals surface area (Å²) < 4.78 is 2.49. The lowest BCUT2D eigenvalue weighted by molar-refractivity contribution is 0.661. The second kappa shape index (κ2) is 23.8. The van der Waals surface area contributed by atoms with Gasteiger partial charge in [0.05, 0.1) is 25.8 Å². The van der Waals surface area contributed by atoms with Gasteiger partial charge in [-0.2, -0.15) is 0 Å². The molecule has 2 aromatic heterocycles. The quantitative estimate of drug-likeness (QED) is 0.142. The highest BCUT2D eigenvalue weighted by Crippen LogP contribution is 2.57. The first-order valence-electron chi connectivity index (χ1n) is 35.2. The van der Waals surface area contributed by atoms with Crippen LogP contribution in [0, 0.1) is 0 Å². The van der Waals surface area contributed by atoms with Gasteiger partial charge < -0.3 is 0 Å². The molecule has 0 amide bonds. The van der Waals surface area contributed by atoms with Crippen molar-refractivity contribution in [3.8, 4) is 87.9 Å². The summed E-state index contributed by atoms with van der Waals surface area (Å²) in [4.78, 5) is 10.1. The first-order chi connectivity index (χ1) is 50.3. The molecule has 0 spiro atoms. The van der Waals surface area contributed by atoms with E-state index >= 15 is 0 Å². The number of benzene rings is 17. The lowest BCUT2D eigenvalue weighted by Gasteiger charge is -2.34. The monoisotopic (exact) mass is 1330 g/mol. The molecule has 4 heteroatoms. The maximum atomic E-state index is 5.07. The Morgan fingerprint density at radius 3 is 1.12 bits per heavy atom. The van der Waals surface area contributed by atoms with Gasteiger partial charge in [-0.3, -0.25) is 0 Å². The molecule has 2 heterocycles. The number of fused-ring (bicyclic) bond motifs is 17. The zero-order valence-electron chi connectivity index (χ0n) is 56.2. The Morgan fingerprint density at radius 2 is 0.598 bits per heavy atom. The first kappa shape index (κ1) is 59.8. The molecule has 0 aliphatic heterocycles. The highest BCUT2D eigenvalue weighted by Gasteiger charge is 2.46. The summed E-state index contributed by atoms with van der Waals surface area (Å²) in [5.74, 6) is 0. The highest BCUT2D eigenvalue weighted by atomic mass is 32.1. The molecule has 0 atom stereocenters. The van der Waals surface area contributed by atoms with Crippen molar-refractivity contribution in [3.05, 3.63) is 385 Å². The molecule has 0 saturated carbocycles. The molecule has 0 N–H and O–H groups in total. The topological polar surface area (TPSA) is 25.8 Å². The molecular weight excluding hydrogens is 1270 g/mol. The Kier molecular flexibility index (Phi) is 13.9. The second-order valence-electron chi connectivity index (χ2n) is 27.9. The standard InChI is InChI=1S/C52H33NS.C46H31NS/c1-4-13-36(14-5-1)51-53-48-30-28-35-25-23-34-24-26-39(32-45(34)49(35)50(48)54-51)37-15-12-16-38(31-37)40-27-29-44-43-21-10-11-22-46(43)52(47(44)33-40,41-17-6-2-7-18-41)42-19-8-3-9-20-42;1-46(2)40-27-36(19-21-37(40)39-25-33-11-6-7-12-34(33)26-41(39)46)32-14-8-13-31(23-32)35-18-16-28-15-17-29-20-22-42-44(43(29)38(28)24-35)48-45(47-42)30-9-4-3-5-10-30/h1-33H;3-27H,1-2H3. The SMILES string of the molecule is CC1(C)c2cc(-c3cccc(-c4ccc5ccc6ccc7nc(-c8ccccc8)sc7c6c5c4)c3)ccc2-c2cc3ccccc3cc21.c1ccc(-c2nc3ccc4ccc5ccc(-c6cccc(-c7ccc8c(c7)C(c7ccccc7)(c7ccccc7)c7ccccc7-8)c6)cc5c4c3s2)cc1. The molecule has 0 bridgehead atoms. The second-order valence-corrected chi connectivity index (χ2v) is 29.9. The summed E-state index contributed by atoms with van der Waals surface area (Å²) in [6.45, 7) is 4.74. The van der Waals surface area contributed by atoms with Crippen LogP contribution >= 0.6 is 22.7 Å². The van der Waals surface area contributed by atoms with Crippen molar-refractivity contribution >= 4 is 97.0 Å². The molecule has 2 aliphatic rings. The molecule has 102 heavy (non-hydrogen) atoms. The Labute approximate surface area is 600 Å². The van der Waals surface area contributed by atoms with Gasteiger partial charge in [0, 0.05) is 27.3 Å². The Morgan fingerprint density at radius 1 is 0.235 bits per heavy atom. The molecule has 0 unspecified atom stereocenters. The number of rotatable bonds is 8. The lowest BCUT2D eigenvalue weighted by Crippen LogP contribution is -2.28. The molecule has 2 nitrogen and oxygen atoms in total. The highest BCUT2D eigenvalue weighted by molar-refractivity contribution is 7.23. The van der Waals surface area contributed by atoms with Gasteiger partial charge in [0.1, 0.15) is 10.0 Å². The van der Waals surface area contributed by atoms with E-state index in [0.29, 0.717) is 0 Å². The molecule has 478 valence electrons. The predicted molar refractivity (Wildman–Crippen MR) is 434 cm³/mol. The van der Waals surface area contributed by atoms with Crippen LogP contribution in [-0.2, 0) is 10.8 Å². The van der Waals surface area contributed by atoms with Crippen molar-refractivity contribution < 1.29 is 0 Å². The van der Waals surface area contributed by atoms with Gasteiger partial charge in [0.15, 0.2) is 0 Å². The van der Waals surface area contributed by atoms with Crippen LogP contribution < -0.4 is 0 Å². The van der Waals surface area contributed by atoms with Gasteiger partial charge in [-0.05, 0) is 204 Å². The number of hydrogen-bond acceptors (Lipinski definition) is 4. The van der Waals surface area contributed by atoms with Gasteiger partial charge in [-0.1, -0.05) is 305 Å². The summed E-state index contributed by atoms with van der Waals surface area (Å²) >= 11 is 3.58. The molecule has 0 radical (unpaired) electrons. The minimum atomic E-state index is -0.427. The van der Waals surface area contributed by atoms with E-state index in [-0.39, 0.29) is 5.41 Å². The summed E-state index contributed by atoms with van der Waals surface area (Å²) in [7, 11) is 0. The fourth-order valence-electron chi connectivity index (χ4n) is 16.8. The van der Waals surface area contributed by atoms with Gasteiger partial charge >= 0.3 is 0 Å². The maximum Gasteiger partial charge on any atom is 0.124 e. The average Bonchev–Trinajstić information content (AvgIpc) is 1.53. The largest absolute Gasteiger partial charge is 0.236 e. The minimum absolute atomic E-state index is 0.0654. The number of nitrogens with zero attached hydrogens (tertiary/aromatic N) is 2. The van der Waals surface area contributed by atoms with Crippen molar-refractivity contribution in [1.29, 1.82) is 0 Å². The van der Waals surface area contributed by atoms with E-state index in [1.165, 1.54) is 163 Å². The van der Waals surface area contributed by atoms with Crippen LogP contribution in [0.25, 0.3) is 162 Å².